The molecule has 13 heavy (non-hydrogen) atoms. The summed E-state index contributed by atoms with van der Waals surface area (Å²) in [6.45, 7) is 0.237. The van der Waals surface area contributed by atoms with Gasteiger partial charge in [-0.15, -0.1) is 0 Å². The highest BCUT2D eigenvalue weighted by Crippen LogP contribution is 2.35. The molecule has 0 fully saturated rings. The molecule has 1 aliphatic heterocycles. The summed E-state index contributed by atoms with van der Waals surface area (Å²) < 4.78 is 6.10. The second-order valence-corrected chi connectivity index (χ2v) is 3.80. The third-order valence-corrected chi connectivity index (χ3v) is 2.54. The Kier molecular flexibility index (Phi) is 2.00. The molecule has 2 rings (SSSR count). The first kappa shape index (κ1) is 8.56. The van der Waals surface area contributed by atoms with E-state index in [0.29, 0.717) is 5.75 Å². The number of carbonyl (C=O) groups is 1. The van der Waals surface area contributed by atoms with Crippen LogP contribution in [0.4, 0.5) is 0 Å². The zero-order valence-electron chi connectivity index (χ0n) is 6.66. The first-order chi connectivity index (χ1) is 6.18. The lowest BCUT2D eigenvalue weighted by Gasteiger charge is -2.01. The van der Waals surface area contributed by atoms with Crippen LogP contribution in [0.15, 0.2) is 22.7 Å². The average Bonchev–Trinajstić information content (AvgIpc) is 2.46. The van der Waals surface area contributed by atoms with Crippen LogP contribution in [0.3, 0.4) is 0 Å². The smallest absolute Gasteiger partial charge is 0.314 e. The summed E-state index contributed by atoms with van der Waals surface area (Å²) in [6, 6.07) is 5.41. The maximum Gasteiger partial charge on any atom is 0.314 e. The normalized spacial score (nSPS) is 19.3. The van der Waals surface area contributed by atoms with Crippen molar-refractivity contribution >= 4 is 21.9 Å². The van der Waals surface area contributed by atoms with E-state index in [4.69, 9.17) is 9.84 Å². The molecule has 68 valence electrons. The van der Waals surface area contributed by atoms with Gasteiger partial charge in [-0.05, 0) is 18.2 Å². The molecule has 3 nitrogen and oxygen atoms in total. The third-order valence-electron chi connectivity index (χ3n) is 2.05. The highest BCUT2D eigenvalue weighted by molar-refractivity contribution is 9.10. The molecule has 0 spiro atoms. The Hall–Kier alpha value is -1.03. The summed E-state index contributed by atoms with van der Waals surface area (Å²) in [7, 11) is 0. The van der Waals surface area contributed by atoms with Crippen molar-refractivity contribution in [3.63, 3.8) is 0 Å². The molecule has 0 bridgehead atoms. The van der Waals surface area contributed by atoms with Gasteiger partial charge in [0.25, 0.3) is 0 Å². The summed E-state index contributed by atoms with van der Waals surface area (Å²) in [4.78, 5) is 10.8. The zero-order chi connectivity index (χ0) is 9.42. The Morgan fingerprint density at radius 2 is 2.38 bits per heavy atom. The third kappa shape index (κ3) is 1.42. The number of benzene rings is 1. The van der Waals surface area contributed by atoms with Crippen LogP contribution >= 0.6 is 15.9 Å². The molecule has 1 heterocycles. The van der Waals surface area contributed by atoms with Crippen LogP contribution in [0.5, 0.6) is 5.75 Å². The lowest BCUT2D eigenvalue weighted by molar-refractivity contribution is -0.138. The van der Waals surface area contributed by atoms with E-state index in [1.54, 1.807) is 12.1 Å². The maximum absolute atomic E-state index is 10.8. The van der Waals surface area contributed by atoms with Gasteiger partial charge in [-0.2, -0.15) is 0 Å². The predicted octanol–water partition coefficient (Wildman–Crippen LogP) is 2.01. The Morgan fingerprint density at radius 3 is 3.08 bits per heavy atom. The maximum atomic E-state index is 10.8. The molecule has 1 aliphatic rings. The zero-order valence-corrected chi connectivity index (χ0v) is 8.24. The van der Waals surface area contributed by atoms with E-state index in [-0.39, 0.29) is 6.61 Å². The molecule has 1 unspecified atom stereocenters. The molecule has 1 N–H and O–H groups in total. The number of carboxylic acids is 1. The quantitative estimate of drug-likeness (QED) is 0.820. The van der Waals surface area contributed by atoms with E-state index in [0.717, 1.165) is 10.0 Å². The molecule has 0 amide bonds. The lowest BCUT2D eigenvalue weighted by atomic mass is 10.0. The van der Waals surface area contributed by atoms with E-state index < -0.39 is 11.9 Å². The first-order valence-electron chi connectivity index (χ1n) is 3.83. The largest absolute Gasteiger partial charge is 0.492 e. The molecular formula is C9H7BrO3. The van der Waals surface area contributed by atoms with Crippen molar-refractivity contribution in [2.75, 3.05) is 6.61 Å². The van der Waals surface area contributed by atoms with Crippen molar-refractivity contribution in [2.45, 2.75) is 5.92 Å². The monoisotopic (exact) mass is 242 g/mol. The molecule has 1 aromatic carbocycles. The highest BCUT2D eigenvalue weighted by atomic mass is 79.9. The van der Waals surface area contributed by atoms with Gasteiger partial charge in [-0.3, -0.25) is 4.79 Å². The summed E-state index contributed by atoms with van der Waals surface area (Å²) >= 11 is 3.29. The highest BCUT2D eigenvalue weighted by Gasteiger charge is 2.29. The van der Waals surface area contributed by atoms with Gasteiger partial charge < -0.3 is 9.84 Å². The van der Waals surface area contributed by atoms with Gasteiger partial charge in [0.1, 0.15) is 18.3 Å². The van der Waals surface area contributed by atoms with Crippen molar-refractivity contribution in [3.8, 4) is 5.75 Å². The molecule has 0 saturated carbocycles. The molecule has 0 radical (unpaired) electrons. The van der Waals surface area contributed by atoms with Crippen molar-refractivity contribution in [3.05, 3.63) is 28.2 Å². The number of hydrogen-bond donors (Lipinski definition) is 1. The molecule has 1 atom stereocenters. The SMILES string of the molecule is O=C(O)C1COc2ccc(Br)cc21. The molecule has 0 saturated heterocycles. The number of halogens is 1. The van der Waals surface area contributed by atoms with Crippen molar-refractivity contribution in [2.24, 2.45) is 0 Å². The van der Waals surface area contributed by atoms with Gasteiger partial charge in [0.05, 0.1) is 0 Å². The van der Waals surface area contributed by atoms with Gasteiger partial charge in [-0.1, -0.05) is 15.9 Å². The molecular weight excluding hydrogens is 236 g/mol. The lowest BCUT2D eigenvalue weighted by Crippen LogP contribution is -2.12. The van der Waals surface area contributed by atoms with Gasteiger partial charge in [-0.25, -0.2) is 0 Å². The van der Waals surface area contributed by atoms with Crippen molar-refractivity contribution < 1.29 is 14.6 Å². The Bertz CT molecular complexity index is 362. The van der Waals surface area contributed by atoms with Crippen molar-refractivity contribution in [1.82, 2.24) is 0 Å². The van der Waals surface area contributed by atoms with E-state index in [1.807, 2.05) is 6.07 Å². The fourth-order valence-electron chi connectivity index (χ4n) is 1.39. The van der Waals surface area contributed by atoms with Crippen LogP contribution in [0, 0.1) is 0 Å². The predicted molar refractivity (Wildman–Crippen MR) is 50.0 cm³/mol. The van der Waals surface area contributed by atoms with Gasteiger partial charge in [0.2, 0.25) is 0 Å². The standard InChI is InChI=1S/C9H7BrO3/c10-5-1-2-8-6(3-5)7(4-13-8)9(11)12/h1-3,7H,4H2,(H,11,12). The second-order valence-electron chi connectivity index (χ2n) is 2.88. The minimum absolute atomic E-state index is 0.237. The van der Waals surface area contributed by atoms with Crippen LogP contribution < -0.4 is 4.74 Å². The van der Waals surface area contributed by atoms with Crippen LogP contribution in [0.25, 0.3) is 0 Å². The average molecular weight is 243 g/mol. The minimum Gasteiger partial charge on any atom is -0.492 e. The van der Waals surface area contributed by atoms with Gasteiger partial charge >= 0.3 is 5.97 Å². The molecule has 1 aromatic rings. The van der Waals surface area contributed by atoms with Crippen LogP contribution in [-0.4, -0.2) is 17.7 Å². The Labute approximate surface area is 83.5 Å². The van der Waals surface area contributed by atoms with E-state index in [9.17, 15) is 4.79 Å². The first-order valence-corrected chi connectivity index (χ1v) is 4.63. The molecule has 0 aromatic heterocycles. The van der Waals surface area contributed by atoms with Crippen LogP contribution in [-0.2, 0) is 4.79 Å². The summed E-state index contributed by atoms with van der Waals surface area (Å²) in [5.74, 6) is -0.681. The van der Waals surface area contributed by atoms with Gasteiger partial charge in [0, 0.05) is 10.0 Å². The number of ether oxygens (including phenoxy) is 1. The number of hydrogen-bond acceptors (Lipinski definition) is 2. The molecule has 4 heteroatoms. The summed E-state index contributed by atoms with van der Waals surface area (Å²) in [6.07, 6.45) is 0. The minimum atomic E-state index is -0.836. The topological polar surface area (TPSA) is 46.5 Å². The second kappa shape index (κ2) is 3.03. The van der Waals surface area contributed by atoms with E-state index in [1.165, 1.54) is 0 Å². The van der Waals surface area contributed by atoms with E-state index in [2.05, 4.69) is 15.9 Å². The fourth-order valence-corrected chi connectivity index (χ4v) is 1.77. The summed E-state index contributed by atoms with van der Waals surface area (Å²) in [5.41, 5.74) is 0.752. The number of carboxylic acid groups (broad SMARTS) is 1. The number of fused-ring (bicyclic) bond motifs is 1. The van der Waals surface area contributed by atoms with Crippen molar-refractivity contribution in [1.29, 1.82) is 0 Å². The van der Waals surface area contributed by atoms with Crippen LogP contribution in [0.1, 0.15) is 11.5 Å². The number of aliphatic carboxylic acids is 1. The number of rotatable bonds is 1. The van der Waals surface area contributed by atoms with Crippen LogP contribution in [0.2, 0.25) is 0 Å². The Morgan fingerprint density at radius 1 is 1.62 bits per heavy atom. The van der Waals surface area contributed by atoms with Gasteiger partial charge in [0.15, 0.2) is 0 Å². The fraction of sp³-hybridized carbons (Fsp3) is 0.222. The van der Waals surface area contributed by atoms with E-state index >= 15 is 0 Å². The Balaban J connectivity index is 2.46. The summed E-state index contributed by atoms with van der Waals surface area (Å²) in [5, 5.41) is 8.86. The molecule has 0 aliphatic carbocycles.